The molecular formula is C14H23N3O. The molecule has 1 unspecified atom stereocenters. The molecule has 0 radical (unpaired) electrons. The molecule has 0 fully saturated rings. The van der Waals surface area contributed by atoms with Crippen LogP contribution in [0.15, 0.2) is 24.4 Å². The normalized spacial score (nSPS) is 12.4. The van der Waals surface area contributed by atoms with Crippen LogP contribution in [0, 0.1) is 5.92 Å². The van der Waals surface area contributed by atoms with E-state index in [1.807, 2.05) is 25.1 Å². The van der Waals surface area contributed by atoms with Gasteiger partial charge in [0.15, 0.2) is 0 Å². The molecule has 1 aromatic heterocycles. The molecule has 0 saturated carbocycles. The van der Waals surface area contributed by atoms with E-state index in [-0.39, 0.29) is 11.9 Å². The molecule has 4 heteroatoms. The van der Waals surface area contributed by atoms with E-state index in [0.29, 0.717) is 12.5 Å². The van der Waals surface area contributed by atoms with Gasteiger partial charge in [-0.25, -0.2) is 0 Å². The van der Waals surface area contributed by atoms with E-state index in [2.05, 4.69) is 29.5 Å². The van der Waals surface area contributed by atoms with Crippen LogP contribution in [0.1, 0.15) is 38.9 Å². The van der Waals surface area contributed by atoms with Gasteiger partial charge in [-0.05, 0) is 31.4 Å². The van der Waals surface area contributed by atoms with Crippen LogP contribution in [-0.2, 0) is 4.79 Å². The summed E-state index contributed by atoms with van der Waals surface area (Å²) in [5.41, 5.74) is 0.951. The fourth-order valence-electron chi connectivity index (χ4n) is 1.55. The maximum atomic E-state index is 11.6. The van der Waals surface area contributed by atoms with Crippen molar-refractivity contribution < 1.29 is 4.79 Å². The first-order valence-electron chi connectivity index (χ1n) is 6.50. The molecule has 0 aliphatic rings. The zero-order chi connectivity index (χ0) is 13.4. The Morgan fingerprint density at radius 3 is 2.72 bits per heavy atom. The van der Waals surface area contributed by atoms with Crippen molar-refractivity contribution in [2.45, 2.75) is 33.2 Å². The summed E-state index contributed by atoms with van der Waals surface area (Å²) in [6, 6.07) is 5.87. The van der Waals surface area contributed by atoms with Crippen LogP contribution in [0.5, 0.6) is 0 Å². The predicted molar refractivity (Wildman–Crippen MR) is 73.1 cm³/mol. The second-order valence-corrected chi connectivity index (χ2v) is 4.89. The molecule has 4 nitrogen and oxygen atoms in total. The number of aromatic nitrogens is 1. The van der Waals surface area contributed by atoms with Crippen molar-refractivity contribution in [2.75, 3.05) is 13.1 Å². The average Bonchev–Trinajstić information content (AvgIpc) is 2.36. The number of hydrogen-bond donors (Lipinski definition) is 2. The van der Waals surface area contributed by atoms with Gasteiger partial charge < -0.3 is 10.6 Å². The van der Waals surface area contributed by atoms with Crippen LogP contribution < -0.4 is 10.6 Å². The lowest BCUT2D eigenvalue weighted by atomic mass is 10.1. The molecule has 0 aromatic carbocycles. The summed E-state index contributed by atoms with van der Waals surface area (Å²) in [5, 5.41) is 6.06. The molecule has 0 aliphatic carbocycles. The zero-order valence-electron chi connectivity index (χ0n) is 11.4. The molecule has 1 atom stereocenters. The number of amides is 1. The van der Waals surface area contributed by atoms with Gasteiger partial charge in [-0.15, -0.1) is 0 Å². The van der Waals surface area contributed by atoms with Gasteiger partial charge in [-0.2, -0.15) is 0 Å². The number of pyridine rings is 1. The molecule has 18 heavy (non-hydrogen) atoms. The fourth-order valence-corrected chi connectivity index (χ4v) is 1.55. The maximum Gasteiger partial charge on any atom is 0.233 e. The average molecular weight is 249 g/mol. The third kappa shape index (κ3) is 5.77. The van der Waals surface area contributed by atoms with Crippen LogP contribution in [0.3, 0.4) is 0 Å². The monoisotopic (exact) mass is 249 g/mol. The molecule has 1 rings (SSSR count). The Kier molecular flexibility index (Phi) is 6.36. The van der Waals surface area contributed by atoms with Crippen LogP contribution in [-0.4, -0.2) is 24.0 Å². The van der Waals surface area contributed by atoms with Crippen molar-refractivity contribution in [3.8, 4) is 0 Å². The zero-order valence-corrected chi connectivity index (χ0v) is 11.4. The second kappa shape index (κ2) is 7.82. The molecule has 0 bridgehead atoms. The molecule has 0 spiro atoms. The molecule has 1 amide bonds. The minimum absolute atomic E-state index is 0.0402. The Balaban J connectivity index is 2.22. The van der Waals surface area contributed by atoms with Gasteiger partial charge in [0.2, 0.25) is 5.91 Å². The Morgan fingerprint density at radius 2 is 2.11 bits per heavy atom. The fraction of sp³-hybridized carbons (Fsp3) is 0.571. The molecular weight excluding hydrogens is 226 g/mol. The lowest BCUT2D eigenvalue weighted by molar-refractivity contribution is -0.120. The number of hydrogen-bond acceptors (Lipinski definition) is 3. The number of nitrogens with zero attached hydrogens (tertiary/aromatic N) is 1. The minimum atomic E-state index is 0.0402. The highest BCUT2D eigenvalue weighted by atomic mass is 16.1. The van der Waals surface area contributed by atoms with Gasteiger partial charge in [-0.3, -0.25) is 9.78 Å². The lowest BCUT2D eigenvalue weighted by Gasteiger charge is -2.13. The van der Waals surface area contributed by atoms with E-state index in [0.717, 1.165) is 18.7 Å². The summed E-state index contributed by atoms with van der Waals surface area (Å²) < 4.78 is 0. The Labute approximate surface area is 109 Å². The van der Waals surface area contributed by atoms with Crippen molar-refractivity contribution in [3.05, 3.63) is 30.1 Å². The van der Waals surface area contributed by atoms with E-state index in [4.69, 9.17) is 0 Å². The minimum Gasteiger partial charge on any atom is -0.355 e. The van der Waals surface area contributed by atoms with Crippen molar-refractivity contribution in [2.24, 2.45) is 5.92 Å². The summed E-state index contributed by atoms with van der Waals surface area (Å²) in [7, 11) is 0. The summed E-state index contributed by atoms with van der Waals surface area (Å²) in [6.07, 6.45) is 2.78. The molecule has 0 saturated heterocycles. The van der Waals surface area contributed by atoms with Gasteiger partial charge in [0.1, 0.15) is 0 Å². The first kappa shape index (κ1) is 14.6. The van der Waals surface area contributed by atoms with Gasteiger partial charge in [0.05, 0.1) is 12.2 Å². The van der Waals surface area contributed by atoms with Gasteiger partial charge in [0, 0.05) is 18.8 Å². The number of carbonyl (C=O) groups excluding carboxylic acids is 1. The topological polar surface area (TPSA) is 54.0 Å². The first-order valence-corrected chi connectivity index (χ1v) is 6.50. The maximum absolute atomic E-state index is 11.6. The summed E-state index contributed by atoms with van der Waals surface area (Å²) >= 11 is 0. The number of rotatable bonds is 7. The SMILES string of the molecule is CC(C)CCNC(=O)CNC(C)c1ccccn1. The van der Waals surface area contributed by atoms with Gasteiger partial charge >= 0.3 is 0 Å². The Bertz CT molecular complexity index is 351. The highest BCUT2D eigenvalue weighted by Crippen LogP contribution is 2.06. The molecule has 2 N–H and O–H groups in total. The third-order valence-corrected chi connectivity index (χ3v) is 2.74. The van der Waals surface area contributed by atoms with Gasteiger partial charge in [-0.1, -0.05) is 19.9 Å². The standard InChI is InChI=1S/C14H23N3O/c1-11(2)7-9-16-14(18)10-17-12(3)13-6-4-5-8-15-13/h4-6,8,11-12,17H,7,9-10H2,1-3H3,(H,16,18). The van der Waals surface area contributed by atoms with Crippen LogP contribution in [0.25, 0.3) is 0 Å². The third-order valence-electron chi connectivity index (χ3n) is 2.74. The number of carbonyl (C=O) groups is 1. The highest BCUT2D eigenvalue weighted by molar-refractivity contribution is 5.77. The molecule has 1 heterocycles. The van der Waals surface area contributed by atoms with Crippen molar-refractivity contribution >= 4 is 5.91 Å². The summed E-state index contributed by atoms with van der Waals surface area (Å²) in [4.78, 5) is 15.8. The van der Waals surface area contributed by atoms with Crippen molar-refractivity contribution in [1.29, 1.82) is 0 Å². The predicted octanol–water partition coefficient (Wildman–Crippen LogP) is 1.89. The lowest BCUT2D eigenvalue weighted by Crippen LogP contribution is -2.36. The molecule has 0 aliphatic heterocycles. The quantitative estimate of drug-likeness (QED) is 0.776. The van der Waals surface area contributed by atoms with Crippen LogP contribution in [0.2, 0.25) is 0 Å². The van der Waals surface area contributed by atoms with Crippen LogP contribution in [0.4, 0.5) is 0 Å². The molecule has 1 aromatic rings. The number of nitrogens with one attached hydrogen (secondary N) is 2. The van der Waals surface area contributed by atoms with Crippen LogP contribution >= 0.6 is 0 Å². The van der Waals surface area contributed by atoms with E-state index in [1.54, 1.807) is 6.20 Å². The Morgan fingerprint density at radius 1 is 1.33 bits per heavy atom. The van der Waals surface area contributed by atoms with E-state index < -0.39 is 0 Å². The summed E-state index contributed by atoms with van der Waals surface area (Å²) in [6.45, 7) is 7.37. The summed E-state index contributed by atoms with van der Waals surface area (Å²) in [5.74, 6) is 0.657. The van der Waals surface area contributed by atoms with Crippen molar-refractivity contribution in [3.63, 3.8) is 0 Å². The van der Waals surface area contributed by atoms with Gasteiger partial charge in [0.25, 0.3) is 0 Å². The Hall–Kier alpha value is -1.42. The largest absolute Gasteiger partial charge is 0.355 e. The van der Waals surface area contributed by atoms with Crippen molar-refractivity contribution in [1.82, 2.24) is 15.6 Å². The highest BCUT2D eigenvalue weighted by Gasteiger charge is 2.07. The second-order valence-electron chi connectivity index (χ2n) is 4.89. The smallest absolute Gasteiger partial charge is 0.233 e. The van der Waals surface area contributed by atoms with E-state index >= 15 is 0 Å². The van der Waals surface area contributed by atoms with E-state index in [9.17, 15) is 4.79 Å². The van der Waals surface area contributed by atoms with E-state index in [1.165, 1.54) is 0 Å². The first-order chi connectivity index (χ1) is 8.59. The molecule has 100 valence electrons.